The van der Waals surface area contributed by atoms with Gasteiger partial charge in [0.25, 0.3) is 5.91 Å². The Morgan fingerprint density at radius 1 is 1.34 bits per heavy atom. The average Bonchev–Trinajstić information content (AvgIpc) is 3.07. The Hall–Kier alpha value is -1.03. The molecule has 1 amide bonds. The Kier molecular flexibility index (Phi) is 7.74. The van der Waals surface area contributed by atoms with E-state index in [1.807, 2.05) is 38.7 Å². The van der Waals surface area contributed by atoms with Crippen LogP contribution in [0.5, 0.6) is 5.75 Å². The number of hydrogen-bond donors (Lipinski definition) is 2. The number of likely N-dealkylation sites (tertiary alicyclic amines) is 1. The van der Waals surface area contributed by atoms with Crippen LogP contribution in [0, 0.1) is 12.8 Å². The van der Waals surface area contributed by atoms with Gasteiger partial charge in [-0.25, -0.2) is 0 Å². The molecule has 1 unspecified atom stereocenters. The Labute approximate surface area is 199 Å². The molecule has 2 heterocycles. The fourth-order valence-electron chi connectivity index (χ4n) is 4.11. The van der Waals surface area contributed by atoms with Crippen LogP contribution in [0.1, 0.15) is 64.6 Å². The molecule has 0 radical (unpaired) electrons. The quantitative estimate of drug-likeness (QED) is 0.614. The molecule has 0 aliphatic carbocycles. The fraction of sp³-hybridized carbons (Fsp3) is 0.696. The second-order valence-electron chi connectivity index (χ2n) is 10.1. The molecule has 2 fully saturated rings. The highest BCUT2D eigenvalue weighted by atomic mass is 35.5. The van der Waals surface area contributed by atoms with Crippen LogP contribution in [0.25, 0.3) is 0 Å². The van der Waals surface area contributed by atoms with Gasteiger partial charge in [0.1, 0.15) is 10.5 Å². The van der Waals surface area contributed by atoms with Gasteiger partial charge in [0.15, 0.2) is 11.9 Å². The van der Waals surface area contributed by atoms with Gasteiger partial charge in [0.05, 0.1) is 12.6 Å². The highest BCUT2D eigenvalue weighted by Crippen LogP contribution is 2.39. The summed E-state index contributed by atoms with van der Waals surface area (Å²) >= 11 is 4.86. The summed E-state index contributed by atoms with van der Waals surface area (Å²) in [6.45, 7) is 12.6. The van der Waals surface area contributed by atoms with Crippen LogP contribution < -0.4 is 4.72 Å². The van der Waals surface area contributed by atoms with Gasteiger partial charge in [-0.2, -0.15) is 0 Å². The van der Waals surface area contributed by atoms with Crippen molar-refractivity contribution in [2.45, 2.75) is 77.1 Å². The number of amides is 1. The SMILES string of the molecule is Cc1cc([C@H](N[S@@+]([O-])C(C)(C)C)C2CCN(C(=O)C3COC(C)(C)O3)CC2)c(O)cc1Cl. The lowest BCUT2D eigenvalue weighted by molar-refractivity contribution is -0.161. The number of aromatic hydroxyl groups is 1. The van der Waals surface area contributed by atoms with E-state index in [2.05, 4.69) is 4.72 Å². The van der Waals surface area contributed by atoms with Crippen molar-refractivity contribution in [2.24, 2.45) is 5.92 Å². The van der Waals surface area contributed by atoms with Gasteiger partial charge in [-0.1, -0.05) is 11.6 Å². The summed E-state index contributed by atoms with van der Waals surface area (Å²) in [5.74, 6) is -0.619. The predicted molar refractivity (Wildman–Crippen MR) is 126 cm³/mol. The van der Waals surface area contributed by atoms with Crippen LogP contribution in [0.15, 0.2) is 12.1 Å². The number of nitrogens with zero attached hydrogens (tertiary/aromatic N) is 1. The molecule has 0 saturated carbocycles. The smallest absolute Gasteiger partial charge is 0.254 e. The summed E-state index contributed by atoms with van der Waals surface area (Å²) in [5.41, 5.74) is 1.53. The fourth-order valence-corrected chi connectivity index (χ4v) is 5.18. The second-order valence-corrected chi connectivity index (χ2v) is 12.5. The van der Waals surface area contributed by atoms with Gasteiger partial charge in [0.2, 0.25) is 0 Å². The van der Waals surface area contributed by atoms with E-state index >= 15 is 0 Å². The molecule has 7 nitrogen and oxygen atoms in total. The van der Waals surface area contributed by atoms with Crippen molar-refractivity contribution < 1.29 is 23.9 Å². The first-order valence-corrected chi connectivity index (χ1v) is 12.6. The molecular formula is C23H35ClN2O5S. The van der Waals surface area contributed by atoms with Crippen molar-refractivity contribution in [3.05, 3.63) is 28.3 Å². The number of phenolic OH excluding ortho intramolecular Hbond substituents is 1. The van der Waals surface area contributed by atoms with E-state index in [4.69, 9.17) is 21.1 Å². The van der Waals surface area contributed by atoms with E-state index in [1.54, 1.807) is 19.9 Å². The number of phenols is 1. The maximum atomic E-state index is 13.0. The van der Waals surface area contributed by atoms with E-state index in [-0.39, 0.29) is 30.2 Å². The molecule has 32 heavy (non-hydrogen) atoms. The summed E-state index contributed by atoms with van der Waals surface area (Å²) in [6, 6.07) is 3.07. The number of carbonyl (C=O) groups excluding carboxylic acids is 1. The Bertz CT molecular complexity index is 836. The zero-order valence-electron chi connectivity index (χ0n) is 19.7. The van der Waals surface area contributed by atoms with Crippen molar-refractivity contribution in [3.63, 3.8) is 0 Å². The number of ether oxygens (including phenoxy) is 2. The van der Waals surface area contributed by atoms with E-state index in [9.17, 15) is 14.5 Å². The van der Waals surface area contributed by atoms with Gasteiger partial charge in [-0.3, -0.25) is 4.79 Å². The highest BCUT2D eigenvalue weighted by Gasteiger charge is 2.41. The molecular weight excluding hydrogens is 452 g/mol. The van der Waals surface area contributed by atoms with Gasteiger partial charge in [-0.15, -0.1) is 4.72 Å². The molecule has 180 valence electrons. The third-order valence-electron chi connectivity index (χ3n) is 6.04. The van der Waals surface area contributed by atoms with E-state index in [1.165, 1.54) is 0 Å². The average molecular weight is 487 g/mol. The van der Waals surface area contributed by atoms with Crippen LogP contribution in [0.2, 0.25) is 5.02 Å². The molecule has 3 rings (SSSR count). The van der Waals surface area contributed by atoms with Crippen molar-refractivity contribution in [2.75, 3.05) is 19.7 Å². The van der Waals surface area contributed by atoms with Crippen molar-refractivity contribution >= 4 is 28.9 Å². The standard InChI is InChI=1S/C23H35ClN2O5S/c1-14-11-16(18(27)12-17(14)24)20(25-32(29)22(2,3)4)15-7-9-26(10-8-15)21(28)19-13-30-23(5,6)31-19/h11-12,15,19-20,25,27H,7-10,13H2,1-6H3/t19?,20-,32+/m1/s1. The van der Waals surface area contributed by atoms with Crippen molar-refractivity contribution in [1.29, 1.82) is 0 Å². The molecule has 2 N–H and O–H groups in total. The topological polar surface area (TPSA) is 94.1 Å². The molecule has 2 saturated heterocycles. The molecule has 0 bridgehead atoms. The van der Waals surface area contributed by atoms with Crippen LogP contribution in [0.4, 0.5) is 0 Å². The normalized spacial score (nSPS) is 23.9. The predicted octanol–water partition coefficient (Wildman–Crippen LogP) is 3.84. The second kappa shape index (κ2) is 9.68. The summed E-state index contributed by atoms with van der Waals surface area (Å²) in [6.07, 6.45) is 0.845. The van der Waals surface area contributed by atoms with Crippen molar-refractivity contribution in [3.8, 4) is 5.75 Å². The zero-order valence-corrected chi connectivity index (χ0v) is 21.3. The minimum absolute atomic E-state index is 0.0537. The number of nitrogens with one attached hydrogen (secondary N) is 1. The first kappa shape index (κ1) is 25.6. The highest BCUT2D eigenvalue weighted by molar-refractivity contribution is 7.90. The molecule has 2 aliphatic heterocycles. The zero-order chi connectivity index (χ0) is 23.8. The van der Waals surface area contributed by atoms with Crippen LogP contribution >= 0.6 is 11.6 Å². The van der Waals surface area contributed by atoms with E-state index in [0.29, 0.717) is 36.5 Å². The van der Waals surface area contributed by atoms with Crippen LogP contribution in [-0.4, -0.2) is 56.8 Å². The molecule has 2 aliphatic rings. The summed E-state index contributed by atoms with van der Waals surface area (Å²) in [5, 5.41) is 11.1. The first-order valence-electron chi connectivity index (χ1n) is 11.1. The van der Waals surface area contributed by atoms with Crippen molar-refractivity contribution in [1.82, 2.24) is 9.62 Å². The molecule has 3 atom stereocenters. The van der Waals surface area contributed by atoms with Gasteiger partial charge < -0.3 is 24.0 Å². The number of benzene rings is 1. The number of piperidine rings is 1. The summed E-state index contributed by atoms with van der Waals surface area (Å²) < 4.78 is 27.0. The lowest BCUT2D eigenvalue weighted by atomic mass is 9.85. The minimum Gasteiger partial charge on any atom is -0.598 e. The Morgan fingerprint density at radius 3 is 2.50 bits per heavy atom. The summed E-state index contributed by atoms with van der Waals surface area (Å²) in [4.78, 5) is 14.7. The monoisotopic (exact) mass is 486 g/mol. The number of halogens is 1. The van der Waals surface area contributed by atoms with E-state index in [0.717, 1.165) is 5.56 Å². The largest absolute Gasteiger partial charge is 0.598 e. The number of rotatable bonds is 5. The Balaban J connectivity index is 1.75. The number of aryl methyl sites for hydroxylation is 1. The maximum Gasteiger partial charge on any atom is 0.254 e. The lowest BCUT2D eigenvalue weighted by Crippen LogP contribution is -2.48. The molecule has 9 heteroatoms. The number of hydrogen-bond acceptors (Lipinski definition) is 6. The molecule has 1 aromatic carbocycles. The van der Waals surface area contributed by atoms with Crippen LogP contribution in [0.3, 0.4) is 0 Å². The lowest BCUT2D eigenvalue weighted by Gasteiger charge is -2.38. The third-order valence-corrected chi connectivity index (χ3v) is 8.03. The van der Waals surface area contributed by atoms with E-state index < -0.39 is 28.0 Å². The van der Waals surface area contributed by atoms with Gasteiger partial charge in [-0.05, 0) is 78.0 Å². The molecule has 0 spiro atoms. The number of carbonyl (C=O) groups is 1. The summed E-state index contributed by atoms with van der Waals surface area (Å²) in [7, 11) is 0. The third kappa shape index (κ3) is 5.90. The van der Waals surface area contributed by atoms with Gasteiger partial charge >= 0.3 is 0 Å². The van der Waals surface area contributed by atoms with Gasteiger partial charge in [0, 0.05) is 35.0 Å². The Morgan fingerprint density at radius 2 is 1.97 bits per heavy atom. The molecule has 1 aromatic rings. The maximum absolute atomic E-state index is 13.0. The van der Waals surface area contributed by atoms with Crippen LogP contribution in [-0.2, 0) is 25.6 Å². The molecule has 0 aromatic heterocycles. The first-order chi connectivity index (χ1) is 14.8. The minimum atomic E-state index is -1.33.